The Morgan fingerprint density at radius 2 is 0.468 bits per heavy atom. The number of aromatic nitrogens is 6. The van der Waals surface area contributed by atoms with Crippen LogP contribution in [0.3, 0.4) is 0 Å². The van der Waals surface area contributed by atoms with Gasteiger partial charge in [-0.05, 0) is 163 Å². The maximum absolute atomic E-state index is 4.59. The number of para-hydroxylation sites is 6. The molecule has 0 radical (unpaired) electrons. The SMILES string of the molecule is CCC1(CC)c2cc(-c3ccccn3)[c-]cc2-c2ccc(-n3c4ccccc4c4ccccc43)cc21.CCC1(CC)c2cc(-c3ccccn3)[c-]cc2-c2ccc(-n3c4ccccc4c4ccccc43)cc21.CCC1(CC)c2cc(-c3ccccn3)[c-]cc2-c2ccc(-n3c4ccccc4c4ccccc43)cc21.[Ir+3]. The molecule has 6 nitrogen and oxygen atoms in total. The summed E-state index contributed by atoms with van der Waals surface area (Å²) in [6.45, 7) is 14.0. The molecule has 7 heteroatoms. The fraction of sp³-hybridized carbons (Fsp3) is 0.147. The van der Waals surface area contributed by atoms with Gasteiger partial charge in [0.15, 0.2) is 0 Å². The van der Waals surface area contributed by atoms with E-state index < -0.39 is 0 Å². The van der Waals surface area contributed by atoms with Crippen molar-refractivity contribution in [2.75, 3.05) is 0 Å². The normalized spacial score (nSPS) is 13.6. The number of benzene rings is 12. The van der Waals surface area contributed by atoms with Gasteiger partial charge in [-0.25, -0.2) is 0 Å². The zero-order valence-electron chi connectivity index (χ0n) is 62.2. The van der Waals surface area contributed by atoms with Crippen LogP contribution in [0, 0.1) is 18.2 Å². The van der Waals surface area contributed by atoms with E-state index in [0.29, 0.717) is 0 Å². The van der Waals surface area contributed by atoms with Crippen LogP contribution in [0.25, 0.3) is 150 Å². The van der Waals surface area contributed by atoms with Crippen LogP contribution in [0.1, 0.15) is 113 Å². The predicted octanol–water partition coefficient (Wildman–Crippen LogP) is 26.2. The molecule has 6 heterocycles. The number of rotatable bonds is 12. The number of pyridine rings is 3. The van der Waals surface area contributed by atoms with Crippen LogP contribution in [0.5, 0.6) is 0 Å². The molecule has 6 aromatic heterocycles. The molecule has 0 unspecified atom stereocenters. The van der Waals surface area contributed by atoms with Crippen LogP contribution >= 0.6 is 0 Å². The Balaban J connectivity index is 0.000000114. The van der Waals surface area contributed by atoms with E-state index in [1.807, 2.05) is 55.0 Å². The van der Waals surface area contributed by atoms with Gasteiger partial charge in [0, 0.05) is 84.2 Å². The second-order valence-electron chi connectivity index (χ2n) is 29.3. The molecule has 528 valence electrons. The summed E-state index contributed by atoms with van der Waals surface area (Å²) in [4.78, 5) is 13.8. The van der Waals surface area contributed by atoms with Gasteiger partial charge < -0.3 is 28.7 Å². The van der Waals surface area contributed by atoms with Gasteiger partial charge in [0.25, 0.3) is 0 Å². The van der Waals surface area contributed by atoms with E-state index in [0.717, 1.165) is 72.3 Å². The third-order valence-corrected chi connectivity index (χ3v) is 24.8. The van der Waals surface area contributed by atoms with Gasteiger partial charge in [0.05, 0.1) is 33.1 Å². The Labute approximate surface area is 651 Å². The monoisotopic (exact) mass is 1580 g/mol. The summed E-state index contributed by atoms with van der Waals surface area (Å²) >= 11 is 0. The molecule has 0 saturated carbocycles. The fourth-order valence-corrected chi connectivity index (χ4v) is 19.3. The van der Waals surface area contributed by atoms with Crippen LogP contribution in [0.4, 0.5) is 0 Å². The molecule has 12 aromatic carbocycles. The average molecular weight is 1580 g/mol. The summed E-state index contributed by atoms with van der Waals surface area (Å²) in [5.41, 5.74) is 33.6. The van der Waals surface area contributed by atoms with Crippen molar-refractivity contribution in [3.05, 3.63) is 361 Å². The molecule has 0 fully saturated rings. The van der Waals surface area contributed by atoms with Gasteiger partial charge in [-0.2, -0.15) is 0 Å². The summed E-state index contributed by atoms with van der Waals surface area (Å²) in [5.74, 6) is 0. The second-order valence-corrected chi connectivity index (χ2v) is 29.3. The Hall–Kier alpha value is -11.9. The average Bonchev–Trinajstić information content (AvgIpc) is 1.57. The first kappa shape index (κ1) is 68.9. The maximum atomic E-state index is 4.59. The van der Waals surface area contributed by atoms with E-state index in [2.05, 4.69) is 343 Å². The number of fused-ring (bicyclic) bond motifs is 18. The van der Waals surface area contributed by atoms with Crippen LogP contribution in [-0.2, 0) is 36.4 Å². The second kappa shape index (κ2) is 27.7. The van der Waals surface area contributed by atoms with Crippen molar-refractivity contribution < 1.29 is 20.1 Å². The van der Waals surface area contributed by atoms with Crippen molar-refractivity contribution in [1.82, 2.24) is 28.7 Å². The van der Waals surface area contributed by atoms with Crippen molar-refractivity contribution in [3.8, 4) is 84.2 Å². The third-order valence-electron chi connectivity index (χ3n) is 24.8. The molecule has 3 aliphatic rings. The molecule has 0 aliphatic heterocycles. The zero-order valence-corrected chi connectivity index (χ0v) is 64.6. The summed E-state index contributed by atoms with van der Waals surface area (Å²) in [6.07, 6.45) is 11.9. The van der Waals surface area contributed by atoms with Crippen LogP contribution in [0.2, 0.25) is 0 Å². The minimum Gasteiger partial charge on any atom is -0.309 e. The third kappa shape index (κ3) is 10.7. The van der Waals surface area contributed by atoms with Crippen molar-refractivity contribution in [2.24, 2.45) is 0 Å². The number of hydrogen-bond donors (Lipinski definition) is 0. The standard InChI is InChI=1S/3C34H27N2.Ir/c3*1-3-34(4-2)29-21-23(31-13-9-10-20-35-31)16-18-25(29)26-19-17-24(22-30(26)34)36-32-14-7-5-11-27(32)28-12-6-8-15-33(28)36;/h3*5-15,17-22H,3-4H2,1-2H3;/q3*-1;+3. The summed E-state index contributed by atoms with van der Waals surface area (Å²) < 4.78 is 7.28. The van der Waals surface area contributed by atoms with Crippen molar-refractivity contribution in [3.63, 3.8) is 0 Å². The quantitative estimate of drug-likeness (QED) is 0.115. The van der Waals surface area contributed by atoms with Gasteiger partial charge in [0.2, 0.25) is 0 Å². The first-order chi connectivity index (χ1) is 53.2. The molecule has 18 aromatic rings. The van der Waals surface area contributed by atoms with Crippen LogP contribution < -0.4 is 0 Å². The van der Waals surface area contributed by atoms with Crippen molar-refractivity contribution in [1.29, 1.82) is 0 Å². The van der Waals surface area contributed by atoms with E-state index in [-0.39, 0.29) is 36.4 Å². The van der Waals surface area contributed by atoms with E-state index in [4.69, 9.17) is 0 Å². The number of nitrogens with zero attached hydrogens (tertiary/aromatic N) is 6. The molecular weight excluding hydrogens is 1500 g/mol. The van der Waals surface area contributed by atoms with E-state index in [9.17, 15) is 0 Å². The minimum atomic E-state index is -0.0297. The van der Waals surface area contributed by atoms with E-state index in [1.54, 1.807) is 0 Å². The van der Waals surface area contributed by atoms with Crippen LogP contribution in [0.15, 0.2) is 310 Å². The van der Waals surface area contributed by atoms with Gasteiger partial charge in [-0.1, -0.05) is 239 Å². The molecule has 0 amide bonds. The summed E-state index contributed by atoms with van der Waals surface area (Å²) in [6, 6.07) is 116. The Kier molecular flexibility index (Phi) is 17.5. The molecule has 0 bridgehead atoms. The first-order valence-electron chi connectivity index (χ1n) is 38.6. The molecule has 3 aliphatic carbocycles. The molecule has 0 N–H and O–H groups in total. The fourth-order valence-electron chi connectivity index (χ4n) is 19.3. The molecule has 21 rings (SSSR count). The van der Waals surface area contributed by atoms with Gasteiger partial charge in [-0.15, -0.1) is 88.0 Å². The Bertz CT molecular complexity index is 5740. The van der Waals surface area contributed by atoms with E-state index in [1.165, 1.54) is 149 Å². The van der Waals surface area contributed by atoms with Gasteiger partial charge in [-0.3, -0.25) is 0 Å². The smallest absolute Gasteiger partial charge is 0.309 e. The Morgan fingerprint density at radius 3 is 0.688 bits per heavy atom. The summed E-state index contributed by atoms with van der Waals surface area (Å²) in [7, 11) is 0. The van der Waals surface area contributed by atoms with Gasteiger partial charge in [0.1, 0.15) is 0 Å². The minimum absolute atomic E-state index is 0. The first-order valence-corrected chi connectivity index (χ1v) is 38.6. The maximum Gasteiger partial charge on any atom is 3.00 e. The molecule has 0 saturated heterocycles. The molecule has 109 heavy (non-hydrogen) atoms. The summed E-state index contributed by atoms with van der Waals surface area (Å²) in [5, 5.41) is 7.77. The van der Waals surface area contributed by atoms with Crippen molar-refractivity contribution in [2.45, 2.75) is 96.3 Å². The van der Waals surface area contributed by atoms with Crippen LogP contribution in [-0.4, -0.2) is 28.7 Å². The van der Waals surface area contributed by atoms with Crippen molar-refractivity contribution >= 4 is 65.4 Å². The molecule has 0 spiro atoms. The van der Waals surface area contributed by atoms with E-state index >= 15 is 0 Å². The Morgan fingerprint density at radius 1 is 0.248 bits per heavy atom. The zero-order chi connectivity index (χ0) is 72.8. The predicted molar refractivity (Wildman–Crippen MR) is 449 cm³/mol. The van der Waals surface area contributed by atoms with Gasteiger partial charge >= 0.3 is 20.1 Å². The topological polar surface area (TPSA) is 53.5 Å². The molecule has 0 atom stereocenters. The number of hydrogen-bond acceptors (Lipinski definition) is 3. The molecular formula is C102H81IrN6. The largest absolute Gasteiger partial charge is 3.00 e.